The molecule has 3 nitrogen and oxygen atoms in total. The molecule has 1 aromatic rings. The standard InChI is InChI=1S/C12H18N2OS/c1-15-10-4-5-11(13)12(7-10)14-9-3-2-6-16-8-9/h4-5,7,9,14H,2-3,6,8,13H2,1H3. The number of nitrogens with two attached hydrogens (primary N) is 1. The van der Waals surface area contributed by atoms with E-state index < -0.39 is 0 Å². The third-order valence-electron chi connectivity index (χ3n) is 2.78. The molecule has 0 bridgehead atoms. The number of nitrogen functional groups attached to an aromatic ring is 1. The van der Waals surface area contributed by atoms with E-state index >= 15 is 0 Å². The molecule has 0 spiro atoms. The summed E-state index contributed by atoms with van der Waals surface area (Å²) in [4.78, 5) is 0. The Kier molecular flexibility index (Phi) is 3.83. The minimum absolute atomic E-state index is 0.535. The van der Waals surface area contributed by atoms with E-state index in [9.17, 15) is 0 Å². The summed E-state index contributed by atoms with van der Waals surface area (Å²) in [6.07, 6.45) is 2.51. The van der Waals surface area contributed by atoms with Gasteiger partial charge in [-0.3, -0.25) is 0 Å². The Morgan fingerprint density at radius 1 is 1.50 bits per heavy atom. The lowest BCUT2D eigenvalue weighted by Crippen LogP contribution is -2.26. The first-order chi connectivity index (χ1) is 7.79. The molecule has 3 N–H and O–H groups in total. The molecule has 1 aromatic carbocycles. The third-order valence-corrected chi connectivity index (χ3v) is 4.00. The molecule has 1 saturated heterocycles. The second-order valence-electron chi connectivity index (χ2n) is 4.01. The van der Waals surface area contributed by atoms with Crippen LogP contribution in [0.1, 0.15) is 12.8 Å². The van der Waals surface area contributed by atoms with Gasteiger partial charge in [0.05, 0.1) is 18.5 Å². The number of rotatable bonds is 3. The number of benzene rings is 1. The van der Waals surface area contributed by atoms with Crippen LogP contribution in [0.4, 0.5) is 11.4 Å². The van der Waals surface area contributed by atoms with Crippen molar-refractivity contribution in [1.82, 2.24) is 0 Å². The summed E-state index contributed by atoms with van der Waals surface area (Å²) in [5.41, 5.74) is 7.72. The summed E-state index contributed by atoms with van der Waals surface area (Å²) >= 11 is 2.00. The molecular formula is C12H18N2OS. The number of hydrogen-bond donors (Lipinski definition) is 2. The fourth-order valence-electron chi connectivity index (χ4n) is 1.86. The second-order valence-corrected chi connectivity index (χ2v) is 5.16. The molecule has 88 valence electrons. The molecular weight excluding hydrogens is 220 g/mol. The van der Waals surface area contributed by atoms with E-state index in [0.717, 1.165) is 22.9 Å². The van der Waals surface area contributed by atoms with Crippen molar-refractivity contribution >= 4 is 23.1 Å². The van der Waals surface area contributed by atoms with Gasteiger partial charge in [-0.15, -0.1) is 0 Å². The first-order valence-corrected chi connectivity index (χ1v) is 6.73. The van der Waals surface area contributed by atoms with Crippen LogP contribution in [0.2, 0.25) is 0 Å². The van der Waals surface area contributed by atoms with Crippen molar-refractivity contribution in [3.63, 3.8) is 0 Å². The zero-order chi connectivity index (χ0) is 11.4. The molecule has 4 heteroatoms. The average molecular weight is 238 g/mol. The zero-order valence-electron chi connectivity index (χ0n) is 9.53. The molecule has 0 radical (unpaired) electrons. The average Bonchev–Trinajstić information content (AvgIpc) is 2.33. The van der Waals surface area contributed by atoms with Crippen LogP contribution in [0.5, 0.6) is 5.75 Å². The van der Waals surface area contributed by atoms with Gasteiger partial charge in [0.25, 0.3) is 0 Å². The highest BCUT2D eigenvalue weighted by atomic mass is 32.2. The van der Waals surface area contributed by atoms with E-state index in [1.54, 1.807) is 7.11 Å². The molecule has 0 amide bonds. The molecule has 16 heavy (non-hydrogen) atoms. The van der Waals surface area contributed by atoms with Crippen LogP contribution in [-0.2, 0) is 0 Å². The van der Waals surface area contributed by atoms with Gasteiger partial charge in [-0.2, -0.15) is 11.8 Å². The van der Waals surface area contributed by atoms with Gasteiger partial charge in [0, 0.05) is 17.9 Å². The van der Waals surface area contributed by atoms with E-state index in [1.165, 1.54) is 18.6 Å². The normalized spacial score (nSPS) is 20.4. The molecule has 1 fully saturated rings. The highest BCUT2D eigenvalue weighted by molar-refractivity contribution is 7.99. The van der Waals surface area contributed by atoms with Crippen LogP contribution in [0.25, 0.3) is 0 Å². The topological polar surface area (TPSA) is 47.3 Å². The van der Waals surface area contributed by atoms with Crippen LogP contribution in [-0.4, -0.2) is 24.7 Å². The Morgan fingerprint density at radius 2 is 2.38 bits per heavy atom. The monoisotopic (exact) mass is 238 g/mol. The van der Waals surface area contributed by atoms with E-state index in [4.69, 9.17) is 10.5 Å². The summed E-state index contributed by atoms with van der Waals surface area (Å²) < 4.78 is 5.20. The molecule has 1 atom stereocenters. The van der Waals surface area contributed by atoms with Crippen molar-refractivity contribution in [2.24, 2.45) is 0 Å². The van der Waals surface area contributed by atoms with Gasteiger partial charge in [0.2, 0.25) is 0 Å². The maximum Gasteiger partial charge on any atom is 0.121 e. The van der Waals surface area contributed by atoms with Crippen molar-refractivity contribution < 1.29 is 4.74 Å². The van der Waals surface area contributed by atoms with Gasteiger partial charge >= 0.3 is 0 Å². The Bertz CT molecular complexity index is 351. The van der Waals surface area contributed by atoms with E-state index in [2.05, 4.69) is 5.32 Å². The molecule has 1 aliphatic heterocycles. The summed E-state index contributed by atoms with van der Waals surface area (Å²) in [5, 5.41) is 3.50. The zero-order valence-corrected chi connectivity index (χ0v) is 10.3. The lowest BCUT2D eigenvalue weighted by molar-refractivity contribution is 0.415. The summed E-state index contributed by atoms with van der Waals surface area (Å²) in [6.45, 7) is 0. The molecule has 0 aromatic heterocycles. The Labute approximate surface area is 101 Å². The third kappa shape index (κ3) is 2.76. The van der Waals surface area contributed by atoms with Crippen molar-refractivity contribution in [3.8, 4) is 5.75 Å². The van der Waals surface area contributed by atoms with Gasteiger partial charge in [-0.25, -0.2) is 0 Å². The fraction of sp³-hybridized carbons (Fsp3) is 0.500. The Balaban J connectivity index is 2.06. The summed E-state index contributed by atoms with van der Waals surface area (Å²) in [5.74, 6) is 3.29. The van der Waals surface area contributed by atoms with E-state index in [1.807, 2.05) is 30.0 Å². The minimum Gasteiger partial charge on any atom is -0.497 e. The van der Waals surface area contributed by atoms with Gasteiger partial charge < -0.3 is 15.8 Å². The van der Waals surface area contributed by atoms with Gasteiger partial charge in [0.1, 0.15) is 5.75 Å². The van der Waals surface area contributed by atoms with Crippen LogP contribution >= 0.6 is 11.8 Å². The summed E-state index contributed by atoms with van der Waals surface area (Å²) in [6, 6.07) is 6.27. The quantitative estimate of drug-likeness (QED) is 0.795. The Hall–Kier alpha value is -1.03. The van der Waals surface area contributed by atoms with Crippen molar-refractivity contribution in [2.45, 2.75) is 18.9 Å². The predicted octanol–water partition coefficient (Wildman–Crippen LogP) is 2.58. The smallest absolute Gasteiger partial charge is 0.121 e. The minimum atomic E-state index is 0.535. The lowest BCUT2D eigenvalue weighted by atomic mass is 10.1. The van der Waals surface area contributed by atoms with Crippen molar-refractivity contribution in [2.75, 3.05) is 29.7 Å². The molecule has 0 saturated carbocycles. The predicted molar refractivity (Wildman–Crippen MR) is 71.4 cm³/mol. The number of methoxy groups -OCH3 is 1. The molecule has 1 aliphatic rings. The Morgan fingerprint density at radius 3 is 3.06 bits per heavy atom. The van der Waals surface area contributed by atoms with Crippen LogP contribution in [0.3, 0.4) is 0 Å². The van der Waals surface area contributed by atoms with Crippen LogP contribution < -0.4 is 15.8 Å². The van der Waals surface area contributed by atoms with Crippen LogP contribution in [0.15, 0.2) is 18.2 Å². The maximum absolute atomic E-state index is 5.94. The number of hydrogen-bond acceptors (Lipinski definition) is 4. The van der Waals surface area contributed by atoms with Crippen molar-refractivity contribution in [3.05, 3.63) is 18.2 Å². The first kappa shape index (κ1) is 11.5. The van der Waals surface area contributed by atoms with Crippen LogP contribution in [0, 0.1) is 0 Å². The molecule has 1 unspecified atom stereocenters. The molecule has 2 rings (SSSR count). The largest absolute Gasteiger partial charge is 0.497 e. The number of ether oxygens (including phenoxy) is 1. The van der Waals surface area contributed by atoms with E-state index in [0.29, 0.717) is 6.04 Å². The van der Waals surface area contributed by atoms with Gasteiger partial charge in [-0.1, -0.05) is 0 Å². The maximum atomic E-state index is 5.94. The van der Waals surface area contributed by atoms with E-state index in [-0.39, 0.29) is 0 Å². The highest BCUT2D eigenvalue weighted by Gasteiger charge is 2.14. The number of nitrogens with one attached hydrogen (secondary N) is 1. The molecule has 0 aliphatic carbocycles. The molecule has 1 heterocycles. The lowest BCUT2D eigenvalue weighted by Gasteiger charge is -2.24. The highest BCUT2D eigenvalue weighted by Crippen LogP contribution is 2.27. The second kappa shape index (κ2) is 5.34. The number of anilines is 2. The SMILES string of the molecule is COc1ccc(N)c(NC2CCCSC2)c1. The fourth-order valence-corrected chi connectivity index (χ4v) is 2.93. The summed E-state index contributed by atoms with van der Waals surface area (Å²) in [7, 11) is 1.67. The van der Waals surface area contributed by atoms with Crippen molar-refractivity contribution in [1.29, 1.82) is 0 Å². The number of thioether (sulfide) groups is 1. The first-order valence-electron chi connectivity index (χ1n) is 5.57. The van der Waals surface area contributed by atoms with Gasteiger partial charge in [0.15, 0.2) is 0 Å². The van der Waals surface area contributed by atoms with Gasteiger partial charge in [-0.05, 0) is 30.7 Å².